The van der Waals surface area contributed by atoms with Gasteiger partial charge in [-0.3, -0.25) is 10.1 Å². The van der Waals surface area contributed by atoms with Crippen LogP contribution < -0.4 is 5.73 Å². The average Bonchev–Trinajstić information content (AvgIpc) is 2.29. The molecule has 1 rings (SSSR count). The molecular weight excluding hydrogens is 220 g/mol. The van der Waals surface area contributed by atoms with Crippen LogP contribution in [0.4, 0.5) is 11.4 Å². The summed E-state index contributed by atoms with van der Waals surface area (Å²) in [5.74, 6) is 0. The van der Waals surface area contributed by atoms with Gasteiger partial charge in [0, 0.05) is 37.3 Å². The Morgan fingerprint density at radius 1 is 1.59 bits per heavy atom. The van der Waals surface area contributed by atoms with Crippen LogP contribution in [0.3, 0.4) is 0 Å². The van der Waals surface area contributed by atoms with Gasteiger partial charge in [-0.1, -0.05) is 0 Å². The highest BCUT2D eigenvalue weighted by Crippen LogP contribution is 2.20. The van der Waals surface area contributed by atoms with Crippen LogP contribution in [0.5, 0.6) is 0 Å². The molecule has 6 nitrogen and oxygen atoms in total. The van der Waals surface area contributed by atoms with Gasteiger partial charge in [-0.25, -0.2) is 0 Å². The molecule has 2 N–H and O–H groups in total. The molecule has 1 aromatic carbocycles. The fourth-order valence-corrected chi connectivity index (χ4v) is 1.45. The number of rotatable bonds is 5. The van der Waals surface area contributed by atoms with E-state index in [9.17, 15) is 10.1 Å². The largest absolute Gasteiger partial charge is 0.398 e. The van der Waals surface area contributed by atoms with E-state index >= 15 is 0 Å². The summed E-state index contributed by atoms with van der Waals surface area (Å²) in [6.45, 7) is 1.10. The van der Waals surface area contributed by atoms with Crippen LogP contribution in [0, 0.1) is 21.4 Å². The Morgan fingerprint density at radius 3 is 2.88 bits per heavy atom. The lowest BCUT2D eigenvalue weighted by Crippen LogP contribution is -2.19. The summed E-state index contributed by atoms with van der Waals surface area (Å²) < 4.78 is 0. The van der Waals surface area contributed by atoms with Crippen LogP contribution in [0.1, 0.15) is 12.0 Å². The van der Waals surface area contributed by atoms with Crippen molar-refractivity contribution < 1.29 is 4.92 Å². The van der Waals surface area contributed by atoms with Gasteiger partial charge in [0.2, 0.25) is 0 Å². The van der Waals surface area contributed by atoms with Crippen molar-refractivity contribution in [3.63, 3.8) is 0 Å². The quantitative estimate of drug-likeness (QED) is 0.473. The molecule has 0 unspecified atom stereocenters. The molecule has 0 saturated heterocycles. The standard InChI is InChI=1S/C11H14N4O2/c1-14(6-2-5-12)8-9-7-10(15(16)17)3-4-11(9)13/h3-4,7H,2,6,8,13H2,1H3. The molecule has 0 aliphatic carbocycles. The minimum Gasteiger partial charge on any atom is -0.398 e. The minimum atomic E-state index is -0.446. The molecule has 1 aromatic rings. The Kier molecular flexibility index (Phi) is 4.43. The van der Waals surface area contributed by atoms with Crippen LogP contribution in [-0.2, 0) is 6.54 Å². The van der Waals surface area contributed by atoms with Crippen molar-refractivity contribution in [3.8, 4) is 6.07 Å². The molecule has 0 radical (unpaired) electrons. The summed E-state index contributed by atoms with van der Waals surface area (Å²) in [7, 11) is 1.84. The Morgan fingerprint density at radius 2 is 2.29 bits per heavy atom. The molecule has 6 heteroatoms. The first-order valence-corrected chi connectivity index (χ1v) is 5.13. The van der Waals surface area contributed by atoms with E-state index < -0.39 is 4.92 Å². The third-order valence-corrected chi connectivity index (χ3v) is 2.38. The second kappa shape index (κ2) is 5.82. The van der Waals surface area contributed by atoms with E-state index in [0.717, 1.165) is 0 Å². The summed E-state index contributed by atoms with van der Waals surface area (Å²) in [6, 6.07) is 6.43. The summed E-state index contributed by atoms with van der Waals surface area (Å²) in [6.07, 6.45) is 0.422. The predicted octanol–water partition coefficient (Wildman–Crippen LogP) is 1.52. The fourth-order valence-electron chi connectivity index (χ4n) is 1.45. The lowest BCUT2D eigenvalue weighted by Gasteiger charge is -2.15. The third kappa shape index (κ3) is 3.74. The highest BCUT2D eigenvalue weighted by atomic mass is 16.6. The number of non-ortho nitro benzene ring substituents is 1. The van der Waals surface area contributed by atoms with Gasteiger partial charge in [0.1, 0.15) is 0 Å². The average molecular weight is 234 g/mol. The maximum absolute atomic E-state index is 10.6. The van der Waals surface area contributed by atoms with E-state index in [2.05, 4.69) is 0 Å². The summed E-state index contributed by atoms with van der Waals surface area (Å²) in [5, 5.41) is 19.1. The van der Waals surface area contributed by atoms with E-state index in [4.69, 9.17) is 11.0 Å². The lowest BCUT2D eigenvalue weighted by atomic mass is 10.1. The number of nitro groups is 1. The summed E-state index contributed by atoms with van der Waals surface area (Å²) >= 11 is 0. The first-order valence-electron chi connectivity index (χ1n) is 5.13. The maximum Gasteiger partial charge on any atom is 0.269 e. The Labute approximate surface area is 99.4 Å². The lowest BCUT2D eigenvalue weighted by molar-refractivity contribution is -0.384. The predicted molar refractivity (Wildman–Crippen MR) is 64.1 cm³/mol. The van der Waals surface area contributed by atoms with Crippen LogP contribution >= 0.6 is 0 Å². The van der Waals surface area contributed by atoms with Gasteiger partial charge < -0.3 is 10.6 Å². The van der Waals surface area contributed by atoms with E-state index in [-0.39, 0.29) is 5.69 Å². The number of nitrogens with zero attached hydrogens (tertiary/aromatic N) is 3. The highest BCUT2D eigenvalue weighted by molar-refractivity contribution is 5.52. The molecule has 0 aliphatic heterocycles. The zero-order valence-corrected chi connectivity index (χ0v) is 9.59. The number of hydrogen-bond acceptors (Lipinski definition) is 5. The molecule has 90 valence electrons. The Hall–Kier alpha value is -2.13. The van der Waals surface area contributed by atoms with Crippen molar-refractivity contribution in [1.29, 1.82) is 5.26 Å². The van der Waals surface area contributed by atoms with Crippen molar-refractivity contribution in [2.75, 3.05) is 19.3 Å². The number of benzene rings is 1. The highest BCUT2D eigenvalue weighted by Gasteiger charge is 2.10. The molecule has 0 saturated carbocycles. The summed E-state index contributed by atoms with van der Waals surface area (Å²) in [5.41, 5.74) is 7.02. The summed E-state index contributed by atoms with van der Waals surface area (Å²) in [4.78, 5) is 12.1. The molecule has 0 bridgehead atoms. The normalized spacial score (nSPS) is 10.2. The van der Waals surface area contributed by atoms with Gasteiger partial charge in [0.15, 0.2) is 0 Å². The van der Waals surface area contributed by atoms with E-state index in [1.807, 2.05) is 18.0 Å². The van der Waals surface area contributed by atoms with Crippen molar-refractivity contribution >= 4 is 11.4 Å². The van der Waals surface area contributed by atoms with Crippen LogP contribution in [-0.4, -0.2) is 23.4 Å². The van der Waals surface area contributed by atoms with E-state index in [0.29, 0.717) is 30.8 Å². The Balaban J connectivity index is 2.79. The van der Waals surface area contributed by atoms with E-state index in [1.54, 1.807) is 0 Å². The third-order valence-electron chi connectivity index (χ3n) is 2.38. The molecular formula is C11H14N4O2. The van der Waals surface area contributed by atoms with Gasteiger partial charge in [0.25, 0.3) is 5.69 Å². The first kappa shape index (κ1) is 12.9. The zero-order chi connectivity index (χ0) is 12.8. The van der Waals surface area contributed by atoms with Crippen molar-refractivity contribution in [2.45, 2.75) is 13.0 Å². The van der Waals surface area contributed by atoms with Gasteiger partial charge >= 0.3 is 0 Å². The van der Waals surface area contributed by atoms with Gasteiger partial charge in [-0.2, -0.15) is 5.26 Å². The fraction of sp³-hybridized carbons (Fsp3) is 0.364. The van der Waals surface area contributed by atoms with Crippen LogP contribution in [0.15, 0.2) is 18.2 Å². The van der Waals surface area contributed by atoms with Crippen molar-refractivity contribution in [2.24, 2.45) is 0 Å². The van der Waals surface area contributed by atoms with Crippen molar-refractivity contribution in [1.82, 2.24) is 4.90 Å². The van der Waals surface area contributed by atoms with E-state index in [1.165, 1.54) is 18.2 Å². The number of nitrogen functional groups attached to an aromatic ring is 1. The SMILES string of the molecule is CN(CCC#N)Cc1cc([N+](=O)[O-])ccc1N. The molecule has 0 atom stereocenters. The molecule has 0 amide bonds. The molecule has 0 aromatic heterocycles. The van der Waals surface area contributed by atoms with Gasteiger partial charge in [-0.15, -0.1) is 0 Å². The topological polar surface area (TPSA) is 96.2 Å². The van der Waals surface area contributed by atoms with Crippen LogP contribution in [0.25, 0.3) is 0 Å². The minimum absolute atomic E-state index is 0.0304. The van der Waals surface area contributed by atoms with Gasteiger partial charge in [-0.05, 0) is 18.7 Å². The van der Waals surface area contributed by atoms with Gasteiger partial charge in [0.05, 0.1) is 11.0 Å². The first-order chi connectivity index (χ1) is 8.04. The molecule has 17 heavy (non-hydrogen) atoms. The zero-order valence-electron chi connectivity index (χ0n) is 9.59. The number of nitro benzene ring substituents is 1. The molecule has 0 spiro atoms. The molecule has 0 heterocycles. The second-order valence-electron chi connectivity index (χ2n) is 3.79. The molecule has 0 aliphatic rings. The second-order valence-corrected chi connectivity index (χ2v) is 3.79. The number of hydrogen-bond donors (Lipinski definition) is 1. The van der Waals surface area contributed by atoms with Crippen LogP contribution in [0.2, 0.25) is 0 Å². The Bertz CT molecular complexity index is 453. The smallest absolute Gasteiger partial charge is 0.269 e. The van der Waals surface area contributed by atoms with Crippen molar-refractivity contribution in [3.05, 3.63) is 33.9 Å². The number of nitriles is 1. The number of anilines is 1. The number of nitrogens with two attached hydrogens (primary N) is 1. The monoisotopic (exact) mass is 234 g/mol. The maximum atomic E-state index is 10.6. The molecule has 0 fully saturated rings.